The lowest BCUT2D eigenvalue weighted by Gasteiger charge is -2.10. The Bertz CT molecular complexity index is 1150. The molecule has 1 aromatic heterocycles. The lowest BCUT2D eigenvalue weighted by molar-refractivity contribution is -0.255. The second-order valence-corrected chi connectivity index (χ2v) is 6.53. The summed E-state index contributed by atoms with van der Waals surface area (Å²) < 4.78 is 5.70. The van der Waals surface area contributed by atoms with Crippen LogP contribution in [0.2, 0.25) is 5.02 Å². The van der Waals surface area contributed by atoms with Gasteiger partial charge in [0.1, 0.15) is 23.2 Å². The highest BCUT2D eigenvalue weighted by atomic mass is 35.5. The summed E-state index contributed by atoms with van der Waals surface area (Å²) in [6.07, 6.45) is 1.31. The Balaban J connectivity index is 1.85. The number of carbonyl (C=O) groups is 2. The van der Waals surface area contributed by atoms with Gasteiger partial charge in [-0.15, -0.1) is 0 Å². The Morgan fingerprint density at radius 3 is 2.52 bits per heavy atom. The van der Waals surface area contributed by atoms with Gasteiger partial charge in [-0.2, -0.15) is 5.26 Å². The van der Waals surface area contributed by atoms with Crippen LogP contribution in [0.1, 0.15) is 21.7 Å². The van der Waals surface area contributed by atoms with E-state index in [2.05, 4.69) is 5.32 Å². The van der Waals surface area contributed by atoms with Gasteiger partial charge in [-0.05, 0) is 48.9 Å². The first kappa shape index (κ1) is 19.9. The van der Waals surface area contributed by atoms with Crippen molar-refractivity contribution in [1.82, 2.24) is 0 Å². The number of carbonyl (C=O) groups excluding carboxylic acids is 2. The Labute approximate surface area is 171 Å². The number of amides is 1. The van der Waals surface area contributed by atoms with Crippen molar-refractivity contribution in [1.29, 1.82) is 5.26 Å². The third kappa shape index (κ3) is 4.54. The maximum absolute atomic E-state index is 12.3. The second-order valence-electron chi connectivity index (χ2n) is 6.10. The highest BCUT2D eigenvalue weighted by Crippen LogP contribution is 2.28. The summed E-state index contributed by atoms with van der Waals surface area (Å²) in [6.45, 7) is 1.65. The summed E-state index contributed by atoms with van der Waals surface area (Å²) in [7, 11) is 0. The van der Waals surface area contributed by atoms with E-state index in [1.807, 2.05) is 6.07 Å². The molecule has 144 valence electrons. The molecule has 2 aromatic carbocycles. The van der Waals surface area contributed by atoms with Crippen LogP contribution in [-0.4, -0.2) is 11.9 Å². The zero-order valence-electron chi connectivity index (χ0n) is 15.2. The zero-order chi connectivity index (χ0) is 21.0. The molecule has 0 unspecified atom stereocenters. The van der Waals surface area contributed by atoms with Crippen molar-refractivity contribution in [2.75, 3.05) is 5.32 Å². The molecule has 0 aliphatic rings. The molecule has 0 bridgehead atoms. The van der Waals surface area contributed by atoms with Crippen LogP contribution in [0.4, 0.5) is 5.69 Å². The number of nitrogens with zero attached hydrogens (tertiary/aromatic N) is 1. The highest BCUT2D eigenvalue weighted by Gasteiger charge is 2.13. The van der Waals surface area contributed by atoms with Gasteiger partial charge in [-0.25, -0.2) is 0 Å². The average Bonchev–Trinajstić information content (AvgIpc) is 3.16. The minimum atomic E-state index is -1.28. The lowest BCUT2D eigenvalue weighted by atomic mass is 10.0. The molecule has 0 atom stereocenters. The summed E-state index contributed by atoms with van der Waals surface area (Å²) >= 11 is 5.81. The number of hydrogen-bond acceptors (Lipinski definition) is 5. The number of carboxylic acid groups (broad SMARTS) is 1. The molecular formula is C22H14ClN2O4-. The first-order valence-electron chi connectivity index (χ1n) is 8.49. The maximum Gasteiger partial charge on any atom is 0.266 e. The van der Waals surface area contributed by atoms with Crippen molar-refractivity contribution < 1.29 is 19.1 Å². The standard InChI is InChI=1S/C22H15ClN2O4/c1-13-18(3-2-4-19(13)22(27)28)20-10-9-17(29-20)11-14(12-24)21(26)25-16-7-5-15(23)6-8-16/h2-11H,1H3,(H,25,26)(H,27,28)/p-1/b14-11+. The molecule has 0 aliphatic carbocycles. The summed E-state index contributed by atoms with van der Waals surface area (Å²) in [5.74, 6) is -1.18. The normalized spacial score (nSPS) is 11.0. The summed E-state index contributed by atoms with van der Waals surface area (Å²) in [6, 6.07) is 16.3. The number of nitrogens with one attached hydrogen (secondary N) is 1. The van der Waals surface area contributed by atoms with Crippen molar-refractivity contribution in [2.24, 2.45) is 0 Å². The lowest BCUT2D eigenvalue weighted by Crippen LogP contribution is -2.23. The molecule has 3 rings (SSSR count). The Kier molecular flexibility index (Phi) is 5.82. The van der Waals surface area contributed by atoms with E-state index in [4.69, 9.17) is 16.0 Å². The first-order valence-corrected chi connectivity index (χ1v) is 8.86. The van der Waals surface area contributed by atoms with Gasteiger partial charge >= 0.3 is 0 Å². The number of carboxylic acids is 1. The largest absolute Gasteiger partial charge is 0.545 e. The SMILES string of the molecule is Cc1c(C(=O)[O-])cccc1-c1ccc(/C=C(\C#N)C(=O)Nc2ccc(Cl)cc2)o1. The number of aromatic carboxylic acids is 1. The molecule has 0 fully saturated rings. The van der Waals surface area contributed by atoms with Gasteiger partial charge in [0.2, 0.25) is 0 Å². The van der Waals surface area contributed by atoms with Gasteiger partial charge < -0.3 is 19.6 Å². The predicted molar refractivity (Wildman–Crippen MR) is 107 cm³/mol. The first-order chi connectivity index (χ1) is 13.9. The molecule has 1 amide bonds. The fraction of sp³-hybridized carbons (Fsp3) is 0.0455. The number of halogens is 1. The summed E-state index contributed by atoms with van der Waals surface area (Å²) in [5, 5.41) is 23.7. The maximum atomic E-state index is 12.3. The van der Waals surface area contributed by atoms with Crippen LogP contribution >= 0.6 is 11.6 Å². The number of nitriles is 1. The smallest absolute Gasteiger partial charge is 0.266 e. The molecule has 0 saturated heterocycles. The molecule has 0 aliphatic heterocycles. The molecule has 29 heavy (non-hydrogen) atoms. The molecule has 7 heteroatoms. The molecule has 0 spiro atoms. The van der Waals surface area contributed by atoms with Gasteiger partial charge in [0, 0.05) is 27.9 Å². The molecule has 0 radical (unpaired) electrons. The van der Waals surface area contributed by atoms with Gasteiger partial charge in [-0.3, -0.25) is 4.79 Å². The fourth-order valence-corrected chi connectivity index (χ4v) is 2.85. The van der Waals surface area contributed by atoms with Gasteiger partial charge in [0.25, 0.3) is 5.91 Å². The molecule has 1 N–H and O–H groups in total. The topological polar surface area (TPSA) is 106 Å². The van der Waals surface area contributed by atoms with Crippen LogP contribution in [0.3, 0.4) is 0 Å². The summed E-state index contributed by atoms with van der Waals surface area (Å²) in [5.41, 5.74) is 1.49. The van der Waals surface area contributed by atoms with Crippen LogP contribution in [0, 0.1) is 18.3 Å². The van der Waals surface area contributed by atoms with E-state index < -0.39 is 11.9 Å². The van der Waals surface area contributed by atoms with E-state index in [0.717, 1.165) is 0 Å². The van der Waals surface area contributed by atoms with E-state index in [1.165, 1.54) is 12.1 Å². The Morgan fingerprint density at radius 2 is 1.86 bits per heavy atom. The molecule has 1 heterocycles. The van der Waals surface area contributed by atoms with Crippen LogP contribution in [0.5, 0.6) is 0 Å². The van der Waals surface area contributed by atoms with Crippen molar-refractivity contribution in [3.8, 4) is 17.4 Å². The van der Waals surface area contributed by atoms with E-state index in [0.29, 0.717) is 27.6 Å². The number of rotatable bonds is 5. The Hall–Kier alpha value is -3.82. The van der Waals surface area contributed by atoms with Gasteiger partial charge in [0.15, 0.2) is 0 Å². The van der Waals surface area contributed by atoms with E-state index in [9.17, 15) is 20.0 Å². The fourth-order valence-electron chi connectivity index (χ4n) is 2.72. The minimum Gasteiger partial charge on any atom is -0.545 e. The van der Waals surface area contributed by atoms with Crippen molar-refractivity contribution >= 4 is 35.2 Å². The van der Waals surface area contributed by atoms with E-state index in [-0.39, 0.29) is 16.9 Å². The second kappa shape index (κ2) is 8.46. The molecule has 6 nitrogen and oxygen atoms in total. The predicted octanol–water partition coefficient (Wildman–Crippen LogP) is 3.82. The zero-order valence-corrected chi connectivity index (χ0v) is 16.0. The highest BCUT2D eigenvalue weighted by molar-refractivity contribution is 6.30. The third-order valence-electron chi connectivity index (χ3n) is 4.20. The average molecular weight is 406 g/mol. The van der Waals surface area contributed by atoms with E-state index in [1.54, 1.807) is 55.5 Å². The van der Waals surface area contributed by atoms with Crippen LogP contribution in [0.25, 0.3) is 17.4 Å². The third-order valence-corrected chi connectivity index (χ3v) is 4.45. The number of anilines is 1. The van der Waals surface area contributed by atoms with Crippen molar-refractivity contribution in [3.05, 3.63) is 82.1 Å². The van der Waals surface area contributed by atoms with Gasteiger partial charge in [0.05, 0.1) is 5.97 Å². The number of hydrogen-bond donors (Lipinski definition) is 1. The summed E-state index contributed by atoms with van der Waals surface area (Å²) in [4.78, 5) is 23.5. The molecule has 3 aromatic rings. The van der Waals surface area contributed by atoms with E-state index >= 15 is 0 Å². The quantitative estimate of drug-likeness (QED) is 0.513. The Morgan fingerprint density at radius 1 is 1.14 bits per heavy atom. The van der Waals surface area contributed by atoms with Crippen molar-refractivity contribution in [2.45, 2.75) is 6.92 Å². The van der Waals surface area contributed by atoms with Gasteiger partial charge in [-0.1, -0.05) is 29.8 Å². The number of benzene rings is 2. The van der Waals surface area contributed by atoms with Crippen LogP contribution < -0.4 is 10.4 Å². The molecule has 0 saturated carbocycles. The van der Waals surface area contributed by atoms with Crippen molar-refractivity contribution in [3.63, 3.8) is 0 Å². The van der Waals surface area contributed by atoms with Crippen LogP contribution in [-0.2, 0) is 4.79 Å². The van der Waals surface area contributed by atoms with Crippen LogP contribution in [0.15, 0.2) is 64.6 Å². The number of furan rings is 1. The minimum absolute atomic E-state index is 0.0658. The monoisotopic (exact) mass is 405 g/mol. The molecular weight excluding hydrogens is 392 g/mol.